The van der Waals surface area contributed by atoms with Crippen molar-refractivity contribution >= 4 is 23.7 Å². The molecule has 3 heterocycles. The molecule has 2 aliphatic heterocycles. The van der Waals surface area contributed by atoms with Crippen LogP contribution in [0.1, 0.15) is 25.8 Å². The molecule has 4 rings (SSSR count). The van der Waals surface area contributed by atoms with Crippen molar-refractivity contribution in [3.8, 4) is 11.1 Å². The summed E-state index contributed by atoms with van der Waals surface area (Å²) in [6, 6.07) is 4.71. The summed E-state index contributed by atoms with van der Waals surface area (Å²) in [4.78, 5) is 30.6. The second-order valence-electron chi connectivity index (χ2n) is 8.44. The number of rotatable bonds is 8. The lowest BCUT2D eigenvalue weighted by molar-refractivity contribution is -0.118. The van der Waals surface area contributed by atoms with Gasteiger partial charge >= 0.3 is 6.09 Å². The van der Waals surface area contributed by atoms with Gasteiger partial charge in [-0.3, -0.25) is 0 Å². The molecular weight excluding hydrogens is 473 g/mol. The van der Waals surface area contributed by atoms with Gasteiger partial charge in [0.1, 0.15) is 31.1 Å². The van der Waals surface area contributed by atoms with E-state index in [1.54, 1.807) is 18.4 Å². The normalized spacial score (nSPS) is 15.7. The molecule has 1 aromatic heterocycles. The van der Waals surface area contributed by atoms with Crippen molar-refractivity contribution in [2.75, 3.05) is 24.6 Å². The SMILES string of the molecule is CC1(C)OC=C(CCON=C2CN(c3ncc(-c4cccc(COC(=O)N=C(N)N)c4F)cn3)C2)O1. The molecule has 0 bridgehead atoms. The molecule has 1 saturated heterocycles. The molecule has 0 saturated carbocycles. The van der Waals surface area contributed by atoms with Crippen LogP contribution >= 0.6 is 0 Å². The summed E-state index contributed by atoms with van der Waals surface area (Å²) >= 11 is 0. The minimum absolute atomic E-state index is 0.159. The maximum Gasteiger partial charge on any atom is 0.437 e. The van der Waals surface area contributed by atoms with Crippen LogP contribution < -0.4 is 16.4 Å². The van der Waals surface area contributed by atoms with Crippen LogP contribution in [0.25, 0.3) is 11.1 Å². The smallest absolute Gasteiger partial charge is 0.437 e. The molecule has 12 nitrogen and oxygen atoms in total. The molecule has 2 aliphatic rings. The Morgan fingerprint density at radius 3 is 2.67 bits per heavy atom. The number of halogens is 1. The van der Waals surface area contributed by atoms with Crippen LogP contribution in [0.4, 0.5) is 15.1 Å². The van der Waals surface area contributed by atoms with Crippen LogP contribution in [0.3, 0.4) is 0 Å². The fourth-order valence-corrected chi connectivity index (χ4v) is 3.37. The van der Waals surface area contributed by atoms with E-state index >= 15 is 0 Å². The molecule has 0 unspecified atom stereocenters. The van der Waals surface area contributed by atoms with Crippen molar-refractivity contribution in [3.63, 3.8) is 0 Å². The highest BCUT2D eigenvalue weighted by atomic mass is 19.1. The summed E-state index contributed by atoms with van der Waals surface area (Å²) in [6.07, 6.45) is 4.20. The van der Waals surface area contributed by atoms with E-state index in [9.17, 15) is 9.18 Å². The summed E-state index contributed by atoms with van der Waals surface area (Å²) in [5, 5.41) is 4.12. The van der Waals surface area contributed by atoms with E-state index in [-0.39, 0.29) is 17.7 Å². The molecule has 13 heteroatoms. The van der Waals surface area contributed by atoms with Crippen LogP contribution in [0, 0.1) is 5.82 Å². The second-order valence-corrected chi connectivity index (χ2v) is 8.44. The van der Waals surface area contributed by atoms with E-state index in [0.717, 1.165) is 11.5 Å². The minimum Gasteiger partial charge on any atom is -0.457 e. The van der Waals surface area contributed by atoms with E-state index in [1.807, 2.05) is 18.7 Å². The van der Waals surface area contributed by atoms with Crippen molar-refractivity contribution < 1.29 is 28.2 Å². The Morgan fingerprint density at radius 1 is 1.25 bits per heavy atom. The van der Waals surface area contributed by atoms with Gasteiger partial charge in [-0.2, -0.15) is 0 Å². The number of guanidine groups is 1. The maximum atomic E-state index is 15.0. The average Bonchev–Trinajstić information content (AvgIpc) is 3.15. The number of hydrogen-bond donors (Lipinski definition) is 2. The lowest BCUT2D eigenvalue weighted by Gasteiger charge is -2.31. The average molecular weight is 500 g/mol. The third-order valence-electron chi connectivity index (χ3n) is 5.11. The van der Waals surface area contributed by atoms with Gasteiger partial charge in [0, 0.05) is 49.4 Å². The van der Waals surface area contributed by atoms with Gasteiger partial charge in [-0.15, -0.1) is 4.99 Å². The summed E-state index contributed by atoms with van der Waals surface area (Å²) < 4.78 is 30.8. The number of carbonyl (C=O) groups excluding carboxylic acids is 1. The van der Waals surface area contributed by atoms with Gasteiger partial charge in [0.05, 0.1) is 18.8 Å². The van der Waals surface area contributed by atoms with Crippen LogP contribution in [0.2, 0.25) is 0 Å². The molecule has 36 heavy (non-hydrogen) atoms. The first-order valence-corrected chi connectivity index (χ1v) is 11.0. The number of aliphatic imine (C=N–C) groups is 1. The molecule has 0 spiro atoms. The quantitative estimate of drug-likeness (QED) is 0.239. The van der Waals surface area contributed by atoms with E-state index in [0.29, 0.717) is 37.6 Å². The summed E-state index contributed by atoms with van der Waals surface area (Å²) in [6.45, 7) is 4.76. The van der Waals surface area contributed by atoms with E-state index < -0.39 is 23.7 Å². The highest BCUT2D eigenvalue weighted by Crippen LogP contribution is 2.27. The third-order valence-corrected chi connectivity index (χ3v) is 5.11. The predicted molar refractivity (Wildman–Crippen MR) is 128 cm³/mol. The van der Waals surface area contributed by atoms with Gasteiger partial charge in [-0.1, -0.05) is 23.4 Å². The largest absolute Gasteiger partial charge is 0.457 e. The van der Waals surface area contributed by atoms with Gasteiger partial charge in [0.25, 0.3) is 0 Å². The monoisotopic (exact) mass is 499 g/mol. The summed E-state index contributed by atoms with van der Waals surface area (Å²) in [5.74, 6) is -0.422. The fourth-order valence-electron chi connectivity index (χ4n) is 3.37. The van der Waals surface area contributed by atoms with Crippen LogP contribution in [0.5, 0.6) is 0 Å². The van der Waals surface area contributed by atoms with Gasteiger partial charge in [-0.05, 0) is 0 Å². The van der Waals surface area contributed by atoms with Crippen molar-refractivity contribution in [2.24, 2.45) is 21.6 Å². The molecule has 1 fully saturated rings. The topological polar surface area (TPSA) is 160 Å². The number of benzene rings is 1. The molecule has 1 aromatic carbocycles. The molecule has 4 N–H and O–H groups in total. The van der Waals surface area contributed by atoms with Crippen molar-refractivity contribution in [3.05, 3.63) is 54.0 Å². The Morgan fingerprint density at radius 2 is 2.00 bits per heavy atom. The van der Waals surface area contributed by atoms with Crippen molar-refractivity contribution in [1.29, 1.82) is 0 Å². The highest BCUT2D eigenvalue weighted by Gasteiger charge is 2.28. The Kier molecular flexibility index (Phi) is 7.17. The first kappa shape index (κ1) is 24.7. The van der Waals surface area contributed by atoms with Crippen LogP contribution in [-0.4, -0.2) is 53.2 Å². The zero-order valence-electron chi connectivity index (χ0n) is 19.8. The van der Waals surface area contributed by atoms with Crippen molar-refractivity contribution in [1.82, 2.24) is 9.97 Å². The molecule has 190 valence electrons. The van der Waals surface area contributed by atoms with E-state index in [1.165, 1.54) is 18.5 Å². The predicted octanol–water partition coefficient (Wildman–Crippen LogP) is 2.40. The Labute approximate surface area is 206 Å². The van der Waals surface area contributed by atoms with Gasteiger partial charge in [0.15, 0.2) is 5.96 Å². The molecule has 1 amide bonds. The number of oxime groups is 1. The lowest BCUT2D eigenvalue weighted by Crippen LogP contribution is -2.48. The first-order chi connectivity index (χ1) is 17.2. The number of anilines is 1. The number of nitrogens with two attached hydrogens (primary N) is 2. The van der Waals surface area contributed by atoms with Crippen LogP contribution in [-0.2, 0) is 25.7 Å². The second kappa shape index (κ2) is 10.5. The fraction of sp³-hybridized carbons (Fsp3) is 0.348. The lowest BCUT2D eigenvalue weighted by atomic mass is 10.1. The Hall–Kier alpha value is -4.42. The van der Waals surface area contributed by atoms with Gasteiger partial charge in [0.2, 0.25) is 11.7 Å². The number of aromatic nitrogens is 2. The number of hydrogen-bond acceptors (Lipinski definition) is 9. The van der Waals surface area contributed by atoms with E-state index in [2.05, 4.69) is 20.1 Å². The maximum absolute atomic E-state index is 15.0. The number of amides is 1. The van der Waals surface area contributed by atoms with Gasteiger partial charge < -0.3 is 35.4 Å². The molecule has 0 radical (unpaired) electrons. The zero-order valence-corrected chi connectivity index (χ0v) is 19.8. The molecule has 0 atom stereocenters. The third kappa shape index (κ3) is 6.17. The molecule has 0 aliphatic carbocycles. The standard InChI is InChI=1S/C23H26FN7O5/c1-23(2)34-13-17(36-23)6-7-35-30-16-10-31(11-16)21-27-8-15(9-28-21)18-5-3-4-14(19(18)24)12-33-22(32)29-20(25)26/h3-5,8-9,13H,6-7,10-12H2,1-2H3,(H4,25,26,29,32). The minimum atomic E-state index is -1.01. The highest BCUT2D eigenvalue weighted by molar-refractivity contribution is 5.98. The number of nitrogens with zero attached hydrogens (tertiary/aromatic N) is 5. The molecular formula is C23H26FN7O5. The number of ether oxygens (including phenoxy) is 3. The Balaban J connectivity index is 1.27. The zero-order chi connectivity index (χ0) is 25.7. The first-order valence-electron chi connectivity index (χ1n) is 11.0. The van der Waals surface area contributed by atoms with Crippen molar-refractivity contribution in [2.45, 2.75) is 32.7 Å². The number of carbonyl (C=O) groups is 1. The van der Waals surface area contributed by atoms with Crippen LogP contribution in [0.15, 0.2) is 52.8 Å². The summed E-state index contributed by atoms with van der Waals surface area (Å²) in [5.41, 5.74) is 12.0. The van der Waals surface area contributed by atoms with Gasteiger partial charge in [-0.25, -0.2) is 19.2 Å². The molecule has 2 aromatic rings. The Bertz CT molecular complexity index is 1200. The van der Waals surface area contributed by atoms with E-state index in [4.69, 9.17) is 30.5 Å². The summed E-state index contributed by atoms with van der Waals surface area (Å²) in [7, 11) is 0.